The number of aromatic nitrogens is 2. The molecule has 0 spiro atoms. The molecule has 3 aromatic rings. The Morgan fingerprint density at radius 3 is 2.42 bits per heavy atom. The molecule has 0 fully saturated rings. The van der Waals surface area contributed by atoms with Crippen molar-refractivity contribution in [2.45, 2.75) is 77.5 Å². The van der Waals surface area contributed by atoms with E-state index in [9.17, 15) is 14.7 Å². The number of amides is 1. The first-order chi connectivity index (χ1) is 18.1. The van der Waals surface area contributed by atoms with Crippen LogP contribution in [-0.4, -0.2) is 58.3 Å². The highest BCUT2D eigenvalue weighted by Gasteiger charge is 2.28. The molecule has 3 rings (SSSR count). The first-order valence-corrected chi connectivity index (χ1v) is 17.0. The Bertz CT molecular complexity index is 1170. The van der Waals surface area contributed by atoms with Crippen molar-refractivity contribution in [1.82, 2.24) is 14.9 Å². The van der Waals surface area contributed by atoms with Crippen LogP contribution in [0.4, 0.5) is 0 Å². The average Bonchev–Trinajstić information content (AvgIpc) is 3.42. The van der Waals surface area contributed by atoms with E-state index in [0.29, 0.717) is 24.9 Å². The van der Waals surface area contributed by atoms with Gasteiger partial charge in [0.25, 0.3) is 0 Å². The van der Waals surface area contributed by atoms with Gasteiger partial charge in [-0.1, -0.05) is 75.5 Å². The number of carbonyl (C=O) groups excluding carboxylic acids is 2. The van der Waals surface area contributed by atoms with Gasteiger partial charge in [-0.05, 0) is 36.1 Å². The van der Waals surface area contributed by atoms with Gasteiger partial charge >= 0.3 is 5.97 Å². The number of aromatic amines is 1. The lowest BCUT2D eigenvalue weighted by atomic mass is 9.98. The Labute approximate surface area is 227 Å². The molecule has 1 heterocycles. The fourth-order valence-corrected chi connectivity index (χ4v) is 4.57. The molecule has 0 saturated heterocycles. The predicted molar refractivity (Wildman–Crippen MR) is 153 cm³/mol. The third-order valence-electron chi connectivity index (χ3n) is 6.98. The molecular weight excluding hydrogens is 494 g/mol. The van der Waals surface area contributed by atoms with Crippen molar-refractivity contribution in [3.8, 4) is 11.1 Å². The van der Waals surface area contributed by atoms with E-state index in [2.05, 4.69) is 36.5 Å². The van der Waals surface area contributed by atoms with Crippen molar-refractivity contribution in [2.24, 2.45) is 0 Å². The first-order valence-electron chi connectivity index (χ1n) is 13.4. The molecule has 7 nitrogen and oxygen atoms in total. The fraction of sp³-hybridized carbons (Fsp3) is 0.433. The number of aliphatic hydroxyl groups is 1. The number of aliphatic hydroxyl groups excluding tert-OH is 1. The Balaban J connectivity index is 1.82. The van der Waals surface area contributed by atoms with Crippen LogP contribution in [0.1, 0.15) is 54.7 Å². The third kappa shape index (κ3) is 7.88. The largest absolute Gasteiger partial charge is 0.463 e. The minimum Gasteiger partial charge on any atom is -0.463 e. The summed E-state index contributed by atoms with van der Waals surface area (Å²) < 4.78 is 5.83. The van der Waals surface area contributed by atoms with Crippen molar-refractivity contribution in [2.75, 3.05) is 6.61 Å². The molecule has 2 atom stereocenters. The lowest BCUT2D eigenvalue weighted by Gasteiger charge is -2.31. The van der Waals surface area contributed by atoms with E-state index in [0.717, 1.165) is 35.2 Å². The average molecular weight is 536 g/mol. The van der Waals surface area contributed by atoms with E-state index in [-0.39, 0.29) is 30.3 Å². The summed E-state index contributed by atoms with van der Waals surface area (Å²) in [5, 5.41) is 10.2. The molecule has 204 valence electrons. The van der Waals surface area contributed by atoms with Crippen LogP contribution in [0.5, 0.6) is 0 Å². The number of esters is 1. The maximum absolute atomic E-state index is 13.1. The summed E-state index contributed by atoms with van der Waals surface area (Å²) >= 11 is 0. The summed E-state index contributed by atoms with van der Waals surface area (Å²) in [4.78, 5) is 35.1. The number of H-pyrrole nitrogens is 1. The Kier molecular flexibility index (Phi) is 10.4. The second-order valence-electron chi connectivity index (χ2n) is 10.9. The number of carbonyl (C=O) groups is 2. The van der Waals surface area contributed by atoms with E-state index < -0.39 is 8.07 Å². The molecule has 0 bridgehead atoms. The van der Waals surface area contributed by atoms with Gasteiger partial charge in [0.15, 0.2) is 0 Å². The standard InChI is InChI=1S/C30H41N3O4Si/c1-6-7-12-29(35)33(26(20-34)17-25-18-31-21-32-25)19-23-13-15-24(16-14-23)27-10-8-9-11-28(27)30(36)37-22(2)38(3,4)5/h8-11,13-16,18,21-22,26,34H,6-7,12,17,19-20H2,1-5H3,(H,31,32). The molecule has 0 radical (unpaired) electrons. The number of benzene rings is 2. The number of hydrogen-bond donors (Lipinski definition) is 2. The summed E-state index contributed by atoms with van der Waals surface area (Å²) in [6.07, 6.45) is 6.04. The van der Waals surface area contributed by atoms with Gasteiger partial charge in [-0.2, -0.15) is 0 Å². The predicted octanol–water partition coefficient (Wildman–Crippen LogP) is 5.62. The van der Waals surface area contributed by atoms with Crippen LogP contribution in [0.3, 0.4) is 0 Å². The van der Waals surface area contributed by atoms with Crippen LogP contribution in [0, 0.1) is 0 Å². The van der Waals surface area contributed by atoms with E-state index >= 15 is 0 Å². The molecular formula is C30H41N3O4Si. The number of hydrogen-bond acceptors (Lipinski definition) is 5. The molecule has 8 heteroatoms. The number of imidazole rings is 1. The van der Waals surface area contributed by atoms with E-state index in [1.807, 2.05) is 49.4 Å². The van der Waals surface area contributed by atoms with Crippen LogP contribution in [-0.2, 0) is 22.5 Å². The molecule has 0 aliphatic rings. The van der Waals surface area contributed by atoms with Crippen molar-refractivity contribution in [3.05, 3.63) is 77.9 Å². The Morgan fingerprint density at radius 1 is 1.11 bits per heavy atom. The molecule has 2 aromatic carbocycles. The highest BCUT2D eigenvalue weighted by Crippen LogP contribution is 2.26. The fourth-order valence-electron chi connectivity index (χ4n) is 4.11. The minimum atomic E-state index is -1.63. The number of rotatable bonds is 13. The van der Waals surface area contributed by atoms with Gasteiger partial charge in [-0.15, -0.1) is 0 Å². The number of nitrogens with zero attached hydrogens (tertiary/aromatic N) is 2. The molecule has 2 N–H and O–H groups in total. The molecule has 38 heavy (non-hydrogen) atoms. The lowest BCUT2D eigenvalue weighted by Crippen LogP contribution is -2.43. The summed E-state index contributed by atoms with van der Waals surface area (Å²) in [6.45, 7) is 10.8. The molecule has 0 aliphatic heterocycles. The van der Waals surface area contributed by atoms with Crippen molar-refractivity contribution < 1.29 is 19.4 Å². The zero-order chi connectivity index (χ0) is 27.7. The van der Waals surface area contributed by atoms with Crippen LogP contribution in [0.2, 0.25) is 19.6 Å². The lowest BCUT2D eigenvalue weighted by molar-refractivity contribution is -0.135. The first kappa shape index (κ1) is 29.3. The Morgan fingerprint density at radius 2 is 1.82 bits per heavy atom. The third-order valence-corrected chi connectivity index (χ3v) is 9.54. The number of ether oxygens (including phenoxy) is 1. The van der Waals surface area contributed by atoms with Gasteiger partial charge in [0.1, 0.15) is 0 Å². The number of unbranched alkanes of at least 4 members (excludes halogenated alkanes) is 1. The number of nitrogens with one attached hydrogen (secondary N) is 1. The van der Waals surface area contributed by atoms with Gasteiger partial charge in [0.05, 0.1) is 44.0 Å². The van der Waals surface area contributed by atoms with Crippen LogP contribution < -0.4 is 0 Å². The molecule has 1 amide bonds. The van der Waals surface area contributed by atoms with E-state index in [1.54, 1.807) is 23.5 Å². The second kappa shape index (κ2) is 13.5. The van der Waals surface area contributed by atoms with Crippen LogP contribution in [0.15, 0.2) is 61.1 Å². The molecule has 1 aromatic heterocycles. The van der Waals surface area contributed by atoms with Crippen LogP contribution >= 0.6 is 0 Å². The highest BCUT2D eigenvalue weighted by atomic mass is 28.3. The Hall–Kier alpha value is -3.23. The summed E-state index contributed by atoms with van der Waals surface area (Å²) in [5.41, 5.74) is 3.92. The van der Waals surface area contributed by atoms with Crippen molar-refractivity contribution in [1.29, 1.82) is 0 Å². The van der Waals surface area contributed by atoms with Crippen LogP contribution in [0.25, 0.3) is 11.1 Å². The SMILES string of the molecule is CCCCC(=O)N(Cc1ccc(-c2ccccc2C(=O)OC(C)[Si](C)(C)C)cc1)C(CO)Cc1c[nH]cn1. The zero-order valence-electron chi connectivity index (χ0n) is 23.2. The van der Waals surface area contributed by atoms with E-state index in [1.165, 1.54) is 0 Å². The van der Waals surface area contributed by atoms with Gasteiger partial charge < -0.3 is 19.7 Å². The summed E-state index contributed by atoms with van der Waals surface area (Å²) in [6, 6.07) is 15.0. The minimum absolute atomic E-state index is 0.0233. The monoisotopic (exact) mass is 535 g/mol. The van der Waals surface area contributed by atoms with Crippen molar-refractivity contribution in [3.63, 3.8) is 0 Å². The van der Waals surface area contributed by atoms with E-state index in [4.69, 9.17) is 4.74 Å². The smallest absolute Gasteiger partial charge is 0.338 e. The second-order valence-corrected chi connectivity index (χ2v) is 16.4. The maximum Gasteiger partial charge on any atom is 0.338 e. The van der Waals surface area contributed by atoms with Gasteiger partial charge in [0.2, 0.25) is 5.91 Å². The highest BCUT2D eigenvalue weighted by molar-refractivity contribution is 6.77. The maximum atomic E-state index is 13.1. The summed E-state index contributed by atoms with van der Waals surface area (Å²) in [5.74, 6) is -0.286. The van der Waals surface area contributed by atoms with Gasteiger partial charge in [-0.3, -0.25) is 4.79 Å². The van der Waals surface area contributed by atoms with Gasteiger partial charge in [0, 0.05) is 25.6 Å². The molecule has 2 unspecified atom stereocenters. The normalized spacial score (nSPS) is 13.1. The summed E-state index contributed by atoms with van der Waals surface area (Å²) in [7, 11) is -1.63. The quantitative estimate of drug-likeness (QED) is 0.219. The molecule has 0 saturated carbocycles. The van der Waals surface area contributed by atoms with Crippen molar-refractivity contribution >= 4 is 20.0 Å². The molecule has 0 aliphatic carbocycles. The topological polar surface area (TPSA) is 95.5 Å². The zero-order valence-corrected chi connectivity index (χ0v) is 24.2. The van der Waals surface area contributed by atoms with Gasteiger partial charge in [-0.25, -0.2) is 9.78 Å².